The van der Waals surface area contributed by atoms with Crippen molar-refractivity contribution in [3.63, 3.8) is 0 Å². The Morgan fingerprint density at radius 2 is 1.90 bits per heavy atom. The number of hydrogen-bond acceptors (Lipinski definition) is 7. The number of carbonyl (C=O) groups is 3. The summed E-state index contributed by atoms with van der Waals surface area (Å²) in [5, 5.41) is 10.3. The SMILES string of the molecule is COC(=O)CN1C(=O)S/C(=C\c2cc(C)n(-c3ccc([N+](=O)[O-])cc3)c2C)C1=O. The van der Waals surface area contributed by atoms with Crippen LogP contribution in [0, 0.1) is 24.0 Å². The number of benzene rings is 1. The van der Waals surface area contributed by atoms with Gasteiger partial charge >= 0.3 is 5.97 Å². The number of nitro groups is 1. The summed E-state index contributed by atoms with van der Waals surface area (Å²) in [6.07, 6.45) is 1.60. The zero-order valence-corrected chi connectivity index (χ0v) is 16.7. The van der Waals surface area contributed by atoms with Gasteiger partial charge < -0.3 is 9.30 Å². The standard InChI is InChI=1S/C19H17N3O6S/c1-11-8-13(9-16-18(24)20(19(25)29-16)10-17(23)28-3)12(2)21(11)14-4-6-15(7-5-14)22(26)27/h4-9H,10H2,1-3H3/b16-9-. The molecule has 0 saturated carbocycles. The van der Waals surface area contributed by atoms with Crippen LogP contribution in [0.4, 0.5) is 10.5 Å². The Labute approximate surface area is 170 Å². The highest BCUT2D eigenvalue weighted by atomic mass is 32.2. The fraction of sp³-hybridized carbons (Fsp3) is 0.211. The molecule has 150 valence electrons. The lowest BCUT2D eigenvalue weighted by atomic mass is 10.2. The Balaban J connectivity index is 1.92. The number of hydrogen-bond donors (Lipinski definition) is 0. The van der Waals surface area contributed by atoms with E-state index in [4.69, 9.17) is 0 Å². The average molecular weight is 415 g/mol. The second kappa shape index (κ2) is 7.92. The highest BCUT2D eigenvalue weighted by molar-refractivity contribution is 8.18. The summed E-state index contributed by atoms with van der Waals surface area (Å²) in [6.45, 7) is 3.29. The Bertz CT molecular complexity index is 1050. The third kappa shape index (κ3) is 3.92. The fourth-order valence-corrected chi connectivity index (χ4v) is 3.85. The number of nitrogens with zero attached hydrogens (tertiary/aromatic N) is 3. The number of methoxy groups -OCH3 is 1. The lowest BCUT2D eigenvalue weighted by molar-refractivity contribution is -0.384. The minimum Gasteiger partial charge on any atom is -0.468 e. The molecule has 0 aliphatic carbocycles. The molecule has 2 aromatic rings. The minimum atomic E-state index is -0.676. The van der Waals surface area contributed by atoms with Gasteiger partial charge in [-0.05, 0) is 55.4 Å². The molecule has 0 radical (unpaired) electrons. The van der Waals surface area contributed by atoms with Crippen LogP contribution in [0.1, 0.15) is 17.0 Å². The average Bonchev–Trinajstić information content (AvgIpc) is 3.11. The van der Waals surface area contributed by atoms with Crippen molar-refractivity contribution < 1.29 is 24.0 Å². The van der Waals surface area contributed by atoms with Gasteiger partial charge in [0.2, 0.25) is 0 Å². The van der Waals surface area contributed by atoms with E-state index in [9.17, 15) is 24.5 Å². The van der Waals surface area contributed by atoms with E-state index in [0.717, 1.165) is 39.3 Å². The molecule has 1 aliphatic rings. The second-order valence-corrected chi connectivity index (χ2v) is 7.27. The molecule has 29 heavy (non-hydrogen) atoms. The number of carbonyl (C=O) groups excluding carboxylic acids is 3. The lowest BCUT2D eigenvalue weighted by Gasteiger charge is -2.10. The number of ether oxygens (including phenoxy) is 1. The molecule has 1 saturated heterocycles. The van der Waals surface area contributed by atoms with Gasteiger partial charge in [0.25, 0.3) is 16.8 Å². The van der Waals surface area contributed by atoms with E-state index < -0.39 is 28.6 Å². The molecule has 9 nitrogen and oxygen atoms in total. The molecule has 0 N–H and O–H groups in total. The number of thioether (sulfide) groups is 1. The van der Waals surface area contributed by atoms with Gasteiger partial charge in [-0.15, -0.1) is 0 Å². The molecule has 0 unspecified atom stereocenters. The van der Waals surface area contributed by atoms with Gasteiger partial charge in [0.15, 0.2) is 0 Å². The molecular weight excluding hydrogens is 398 g/mol. The van der Waals surface area contributed by atoms with Crippen LogP contribution in [0.15, 0.2) is 35.2 Å². The van der Waals surface area contributed by atoms with E-state index in [1.54, 1.807) is 18.2 Å². The van der Waals surface area contributed by atoms with Crippen molar-refractivity contribution in [3.05, 3.63) is 62.3 Å². The Morgan fingerprint density at radius 1 is 1.24 bits per heavy atom. The van der Waals surface area contributed by atoms with Gasteiger partial charge in [-0.25, -0.2) is 0 Å². The predicted octanol–water partition coefficient (Wildman–Crippen LogP) is 3.21. The van der Waals surface area contributed by atoms with Crippen molar-refractivity contribution in [1.82, 2.24) is 9.47 Å². The van der Waals surface area contributed by atoms with E-state index in [1.807, 2.05) is 24.5 Å². The third-order valence-electron chi connectivity index (χ3n) is 4.46. The molecule has 3 rings (SSSR count). The molecule has 0 spiro atoms. The van der Waals surface area contributed by atoms with Gasteiger partial charge in [0.05, 0.1) is 16.9 Å². The number of nitro benzene ring substituents is 1. The summed E-state index contributed by atoms with van der Waals surface area (Å²) in [4.78, 5) is 47.4. The monoisotopic (exact) mass is 415 g/mol. The summed E-state index contributed by atoms with van der Waals surface area (Å²) in [5.74, 6) is -1.23. The van der Waals surface area contributed by atoms with Crippen LogP contribution in [0.3, 0.4) is 0 Å². The van der Waals surface area contributed by atoms with Crippen molar-refractivity contribution in [2.45, 2.75) is 13.8 Å². The molecule has 1 aromatic heterocycles. The van der Waals surface area contributed by atoms with Crippen molar-refractivity contribution in [3.8, 4) is 5.69 Å². The summed E-state index contributed by atoms with van der Waals surface area (Å²) < 4.78 is 6.41. The molecule has 0 bridgehead atoms. The molecule has 1 aromatic carbocycles. The summed E-state index contributed by atoms with van der Waals surface area (Å²) in [6, 6.07) is 7.99. The second-order valence-electron chi connectivity index (χ2n) is 6.28. The molecule has 2 heterocycles. The van der Waals surface area contributed by atoms with Crippen molar-refractivity contribution >= 4 is 40.6 Å². The van der Waals surface area contributed by atoms with Crippen molar-refractivity contribution in [2.75, 3.05) is 13.7 Å². The predicted molar refractivity (Wildman–Crippen MR) is 107 cm³/mol. The van der Waals surface area contributed by atoms with E-state index in [-0.39, 0.29) is 10.6 Å². The topological polar surface area (TPSA) is 112 Å². The number of rotatable bonds is 5. The third-order valence-corrected chi connectivity index (χ3v) is 5.37. The Kier molecular flexibility index (Phi) is 5.55. The maximum absolute atomic E-state index is 12.5. The van der Waals surface area contributed by atoms with Crippen LogP contribution >= 0.6 is 11.8 Å². The summed E-state index contributed by atoms with van der Waals surface area (Å²) in [7, 11) is 1.18. The van der Waals surface area contributed by atoms with E-state index >= 15 is 0 Å². The molecule has 10 heteroatoms. The van der Waals surface area contributed by atoms with Crippen molar-refractivity contribution in [2.24, 2.45) is 0 Å². The first-order valence-electron chi connectivity index (χ1n) is 8.49. The van der Waals surface area contributed by atoms with Crippen molar-refractivity contribution in [1.29, 1.82) is 0 Å². The number of aryl methyl sites for hydroxylation is 1. The first kappa shape index (κ1) is 20.3. The fourth-order valence-electron chi connectivity index (χ4n) is 3.03. The number of non-ortho nitro benzene ring substituents is 1. The van der Waals surface area contributed by atoms with Crippen LogP contribution < -0.4 is 0 Å². The van der Waals surface area contributed by atoms with E-state index in [1.165, 1.54) is 19.2 Å². The van der Waals surface area contributed by atoms with Gasteiger partial charge in [-0.3, -0.25) is 29.4 Å². The van der Waals surface area contributed by atoms with Crippen LogP contribution in [0.5, 0.6) is 0 Å². The van der Waals surface area contributed by atoms with Crippen LogP contribution in [0.25, 0.3) is 11.8 Å². The number of aromatic nitrogens is 1. The summed E-state index contributed by atoms with van der Waals surface area (Å²) >= 11 is 0.760. The lowest BCUT2D eigenvalue weighted by Crippen LogP contribution is -2.34. The maximum atomic E-state index is 12.5. The first-order chi connectivity index (χ1) is 13.7. The van der Waals surface area contributed by atoms with E-state index in [0.29, 0.717) is 0 Å². The molecule has 1 aliphatic heterocycles. The highest BCUT2D eigenvalue weighted by Gasteiger charge is 2.36. The minimum absolute atomic E-state index is 0.00397. The van der Waals surface area contributed by atoms with Gasteiger partial charge in [0.1, 0.15) is 6.54 Å². The quantitative estimate of drug-likeness (QED) is 0.319. The van der Waals surface area contributed by atoms with Gasteiger partial charge in [-0.1, -0.05) is 0 Å². The molecule has 1 fully saturated rings. The largest absolute Gasteiger partial charge is 0.468 e. The van der Waals surface area contributed by atoms with E-state index in [2.05, 4.69) is 4.74 Å². The molecule has 2 amide bonds. The van der Waals surface area contributed by atoms with Gasteiger partial charge in [0, 0.05) is 29.2 Å². The maximum Gasteiger partial charge on any atom is 0.325 e. The first-order valence-corrected chi connectivity index (χ1v) is 9.30. The van der Waals surface area contributed by atoms with Crippen LogP contribution in [-0.2, 0) is 14.3 Å². The summed E-state index contributed by atoms with van der Waals surface area (Å²) in [5.41, 5.74) is 3.12. The van der Waals surface area contributed by atoms with Crippen LogP contribution in [-0.4, -0.2) is 45.2 Å². The Hall–Kier alpha value is -3.40. The molecular formula is C19H17N3O6S. The number of esters is 1. The zero-order valence-electron chi connectivity index (χ0n) is 15.9. The highest BCUT2D eigenvalue weighted by Crippen LogP contribution is 2.33. The number of amides is 2. The zero-order chi connectivity index (χ0) is 21.3. The van der Waals surface area contributed by atoms with Crippen LogP contribution in [0.2, 0.25) is 0 Å². The Morgan fingerprint density at radius 3 is 2.48 bits per heavy atom. The smallest absolute Gasteiger partial charge is 0.325 e. The number of imide groups is 1. The normalized spacial score (nSPS) is 15.3. The molecule has 0 atom stereocenters. The van der Waals surface area contributed by atoms with Gasteiger partial charge in [-0.2, -0.15) is 0 Å².